The van der Waals surface area contributed by atoms with Gasteiger partial charge in [0.25, 0.3) is 0 Å². The molecule has 3 heteroatoms. The van der Waals surface area contributed by atoms with Gasteiger partial charge < -0.3 is 5.32 Å². The number of rotatable bonds is 5. The highest BCUT2D eigenvalue weighted by atomic mass is 32.2. The molecule has 0 unspecified atom stereocenters. The lowest BCUT2D eigenvalue weighted by atomic mass is 9.81. The van der Waals surface area contributed by atoms with Crippen molar-refractivity contribution in [1.29, 1.82) is 0 Å². The Morgan fingerprint density at radius 1 is 1.35 bits per heavy atom. The van der Waals surface area contributed by atoms with Crippen LogP contribution in [0.4, 0.5) is 0 Å². The van der Waals surface area contributed by atoms with E-state index in [1.54, 1.807) is 0 Å². The van der Waals surface area contributed by atoms with Crippen LogP contribution in [-0.2, 0) is 0 Å². The maximum Gasteiger partial charge on any atom is 0.157 e. The third-order valence-electron chi connectivity index (χ3n) is 4.40. The number of nitrogens with one attached hydrogen (secondary N) is 1. The Labute approximate surface area is 111 Å². The van der Waals surface area contributed by atoms with Crippen molar-refractivity contribution in [1.82, 2.24) is 5.32 Å². The van der Waals surface area contributed by atoms with Crippen LogP contribution in [0.2, 0.25) is 0 Å². The summed E-state index contributed by atoms with van der Waals surface area (Å²) in [6.07, 6.45) is 2.37. The molecule has 0 aromatic carbocycles. The van der Waals surface area contributed by atoms with E-state index in [1.807, 2.05) is 11.8 Å². The Morgan fingerprint density at radius 3 is 2.35 bits per heavy atom. The quantitative estimate of drug-likeness (QED) is 0.806. The Bertz CT molecular complexity index is 278. The number of aliphatic imine (C=N–C) groups is 1. The van der Waals surface area contributed by atoms with E-state index < -0.39 is 0 Å². The lowest BCUT2D eigenvalue weighted by Gasteiger charge is -2.28. The van der Waals surface area contributed by atoms with Crippen LogP contribution in [0.1, 0.15) is 54.4 Å². The van der Waals surface area contributed by atoms with Crippen LogP contribution in [-0.4, -0.2) is 23.0 Å². The van der Waals surface area contributed by atoms with Crippen molar-refractivity contribution >= 4 is 16.9 Å². The first-order chi connectivity index (χ1) is 7.85. The van der Waals surface area contributed by atoms with Gasteiger partial charge in [-0.2, -0.15) is 0 Å². The third-order valence-corrected chi connectivity index (χ3v) is 5.61. The molecule has 0 radical (unpaired) electrons. The molecule has 0 aromatic rings. The van der Waals surface area contributed by atoms with Gasteiger partial charge in [0, 0.05) is 17.8 Å². The summed E-state index contributed by atoms with van der Waals surface area (Å²) in [5.74, 6) is 1.83. The van der Waals surface area contributed by atoms with Gasteiger partial charge in [-0.05, 0) is 24.2 Å². The van der Waals surface area contributed by atoms with Gasteiger partial charge in [-0.25, -0.2) is 0 Å². The van der Waals surface area contributed by atoms with Crippen molar-refractivity contribution in [3.8, 4) is 0 Å². The summed E-state index contributed by atoms with van der Waals surface area (Å²) in [7, 11) is 0. The minimum atomic E-state index is 0.291. The van der Waals surface area contributed by atoms with E-state index in [4.69, 9.17) is 4.99 Å². The zero-order chi connectivity index (χ0) is 13.1. The summed E-state index contributed by atoms with van der Waals surface area (Å²) in [5, 5.41) is 4.78. The van der Waals surface area contributed by atoms with Crippen LogP contribution < -0.4 is 5.32 Å². The highest BCUT2D eigenvalue weighted by molar-refractivity contribution is 8.14. The largest absolute Gasteiger partial charge is 0.359 e. The highest BCUT2D eigenvalue weighted by Crippen LogP contribution is 2.31. The van der Waals surface area contributed by atoms with E-state index in [0.717, 1.165) is 11.7 Å². The molecule has 1 aliphatic rings. The van der Waals surface area contributed by atoms with Crippen molar-refractivity contribution in [3.63, 3.8) is 0 Å². The number of amidine groups is 1. The summed E-state index contributed by atoms with van der Waals surface area (Å²) in [6.45, 7) is 14.6. The van der Waals surface area contributed by atoms with E-state index in [9.17, 15) is 0 Å². The van der Waals surface area contributed by atoms with Crippen LogP contribution >= 0.6 is 11.8 Å². The summed E-state index contributed by atoms with van der Waals surface area (Å²) >= 11 is 1.89. The molecule has 100 valence electrons. The van der Waals surface area contributed by atoms with Crippen LogP contribution in [0.25, 0.3) is 0 Å². The first-order valence-electron chi connectivity index (χ1n) is 6.80. The third kappa shape index (κ3) is 3.64. The molecule has 17 heavy (non-hydrogen) atoms. The minimum Gasteiger partial charge on any atom is -0.359 e. The summed E-state index contributed by atoms with van der Waals surface area (Å²) in [4.78, 5) is 4.78. The van der Waals surface area contributed by atoms with E-state index >= 15 is 0 Å². The zero-order valence-electron chi connectivity index (χ0n) is 12.3. The normalized spacial score (nSPS) is 22.2. The average Bonchev–Trinajstić information content (AvgIpc) is 2.71. The zero-order valence-corrected chi connectivity index (χ0v) is 13.1. The second kappa shape index (κ2) is 5.64. The predicted octanol–water partition coefficient (Wildman–Crippen LogP) is 3.92. The fraction of sp³-hybridized carbons (Fsp3) is 0.929. The van der Waals surface area contributed by atoms with Crippen molar-refractivity contribution in [2.45, 2.75) is 59.9 Å². The van der Waals surface area contributed by atoms with Gasteiger partial charge in [-0.3, -0.25) is 4.99 Å². The molecule has 1 heterocycles. The molecule has 1 saturated heterocycles. The molecule has 0 amide bonds. The maximum atomic E-state index is 4.78. The molecule has 0 saturated carbocycles. The molecular formula is C14H28N2S. The summed E-state index contributed by atoms with van der Waals surface area (Å²) in [5.41, 5.74) is 0.588. The molecule has 0 atom stereocenters. The van der Waals surface area contributed by atoms with Gasteiger partial charge in [-0.1, -0.05) is 53.3 Å². The number of thioether (sulfide) groups is 1. The number of hydrogen-bond acceptors (Lipinski definition) is 2. The van der Waals surface area contributed by atoms with E-state index in [1.165, 1.54) is 18.6 Å². The van der Waals surface area contributed by atoms with E-state index in [0.29, 0.717) is 16.9 Å². The maximum absolute atomic E-state index is 4.78. The Balaban J connectivity index is 2.60. The van der Waals surface area contributed by atoms with Gasteiger partial charge in [-0.15, -0.1) is 0 Å². The molecule has 1 aliphatic heterocycles. The lowest BCUT2D eigenvalue weighted by molar-refractivity contribution is 0.262. The van der Waals surface area contributed by atoms with Crippen molar-refractivity contribution in [3.05, 3.63) is 0 Å². The van der Waals surface area contributed by atoms with Gasteiger partial charge in [0.15, 0.2) is 5.17 Å². The minimum absolute atomic E-state index is 0.291. The smallest absolute Gasteiger partial charge is 0.157 e. The number of hydrogen-bond donors (Lipinski definition) is 1. The molecule has 0 aromatic heterocycles. The Morgan fingerprint density at radius 2 is 1.94 bits per heavy atom. The van der Waals surface area contributed by atoms with Crippen molar-refractivity contribution in [2.75, 3.05) is 12.3 Å². The molecule has 1 fully saturated rings. The Kier molecular flexibility index (Phi) is 4.94. The monoisotopic (exact) mass is 256 g/mol. The SMILES string of the molecule is CCC1(CC)CSC(=NCC(C)(C)C(C)C)N1. The van der Waals surface area contributed by atoms with E-state index in [-0.39, 0.29) is 0 Å². The predicted molar refractivity (Wildman–Crippen MR) is 79.8 cm³/mol. The lowest BCUT2D eigenvalue weighted by Crippen LogP contribution is -2.42. The van der Waals surface area contributed by atoms with E-state index in [2.05, 4.69) is 46.9 Å². The molecule has 2 nitrogen and oxygen atoms in total. The van der Waals surface area contributed by atoms with Crippen molar-refractivity contribution in [2.24, 2.45) is 16.3 Å². The second-order valence-corrected chi connectivity index (χ2v) is 7.13. The molecule has 1 N–H and O–H groups in total. The Hall–Kier alpha value is -0.180. The standard InChI is InChI=1S/C14H28N2S/c1-7-14(8-2)10-17-12(16-14)15-9-13(5,6)11(3)4/h11H,7-10H2,1-6H3,(H,15,16). The highest BCUT2D eigenvalue weighted by Gasteiger charge is 2.34. The van der Waals surface area contributed by atoms with Crippen LogP contribution in [0.15, 0.2) is 4.99 Å². The molecule has 0 aliphatic carbocycles. The van der Waals surface area contributed by atoms with Crippen LogP contribution in [0, 0.1) is 11.3 Å². The average molecular weight is 256 g/mol. The summed E-state index contributed by atoms with van der Waals surface area (Å²) in [6, 6.07) is 0. The van der Waals surface area contributed by atoms with Crippen LogP contribution in [0.3, 0.4) is 0 Å². The van der Waals surface area contributed by atoms with Gasteiger partial charge >= 0.3 is 0 Å². The fourth-order valence-corrected chi connectivity index (χ4v) is 3.02. The van der Waals surface area contributed by atoms with Crippen LogP contribution in [0.5, 0.6) is 0 Å². The van der Waals surface area contributed by atoms with Gasteiger partial charge in [0.05, 0.1) is 0 Å². The van der Waals surface area contributed by atoms with Gasteiger partial charge in [0.2, 0.25) is 0 Å². The fourth-order valence-electron chi connectivity index (χ4n) is 1.68. The number of nitrogens with zero attached hydrogens (tertiary/aromatic N) is 1. The summed E-state index contributed by atoms with van der Waals surface area (Å²) < 4.78 is 0. The molecule has 1 rings (SSSR count). The first-order valence-corrected chi connectivity index (χ1v) is 7.79. The topological polar surface area (TPSA) is 24.4 Å². The van der Waals surface area contributed by atoms with Crippen molar-refractivity contribution < 1.29 is 0 Å². The first kappa shape index (κ1) is 14.9. The molecule has 0 spiro atoms. The molecular weight excluding hydrogens is 228 g/mol. The molecule has 0 bridgehead atoms. The van der Waals surface area contributed by atoms with Gasteiger partial charge in [0.1, 0.15) is 0 Å². The second-order valence-electron chi connectivity index (χ2n) is 6.17.